The fraction of sp³-hybridized carbons (Fsp3) is 0.400. The molecule has 0 spiro atoms. The second-order valence-electron chi connectivity index (χ2n) is 5.11. The first-order valence-corrected chi connectivity index (χ1v) is 7.27. The zero-order valence-corrected chi connectivity index (χ0v) is 14.4. The number of nitrogens with two attached hydrogens (primary N) is 1. The third-order valence-corrected chi connectivity index (χ3v) is 3.65. The predicted octanol–water partition coefficient (Wildman–Crippen LogP) is 0.328. The summed E-state index contributed by atoms with van der Waals surface area (Å²) in [6, 6.07) is 4.88. The van der Waals surface area contributed by atoms with Gasteiger partial charge >= 0.3 is 11.8 Å². The van der Waals surface area contributed by atoms with Crippen molar-refractivity contribution in [1.82, 2.24) is 9.80 Å². The van der Waals surface area contributed by atoms with Gasteiger partial charge in [-0.25, -0.2) is 0 Å². The normalized spacial score (nSPS) is 14.2. The molecule has 1 heterocycles. The van der Waals surface area contributed by atoms with E-state index >= 15 is 0 Å². The van der Waals surface area contributed by atoms with Gasteiger partial charge in [0.05, 0.1) is 18.5 Å². The highest BCUT2D eigenvalue weighted by Crippen LogP contribution is 2.24. The van der Waals surface area contributed by atoms with Gasteiger partial charge in [-0.2, -0.15) is 0 Å². The lowest BCUT2D eigenvalue weighted by Gasteiger charge is -2.32. The molecule has 1 aliphatic heterocycles. The molecule has 0 atom stereocenters. The molecular weight excluding hydrogens is 336 g/mol. The second kappa shape index (κ2) is 8.39. The molecule has 0 saturated carbocycles. The Morgan fingerprint density at radius 3 is 2.50 bits per heavy atom. The number of anilines is 2. The number of piperazine rings is 1. The van der Waals surface area contributed by atoms with Crippen LogP contribution in [0.3, 0.4) is 0 Å². The Bertz CT molecular complexity index is 638. The van der Waals surface area contributed by atoms with Crippen molar-refractivity contribution in [1.29, 1.82) is 0 Å². The molecule has 0 aliphatic carbocycles. The van der Waals surface area contributed by atoms with E-state index in [9.17, 15) is 14.4 Å². The van der Waals surface area contributed by atoms with Crippen LogP contribution >= 0.6 is 12.4 Å². The minimum atomic E-state index is -0.660. The Morgan fingerprint density at radius 2 is 1.88 bits per heavy atom. The summed E-state index contributed by atoms with van der Waals surface area (Å²) >= 11 is 0. The lowest BCUT2D eigenvalue weighted by molar-refractivity contribution is -0.156. The number of carbonyl (C=O) groups is 3. The first kappa shape index (κ1) is 19.6. The summed E-state index contributed by atoms with van der Waals surface area (Å²) in [5, 5.41) is 2.63. The smallest absolute Gasteiger partial charge is 0.312 e. The Labute approximate surface area is 146 Å². The van der Waals surface area contributed by atoms with Gasteiger partial charge in [0, 0.05) is 25.7 Å². The first-order valence-electron chi connectivity index (χ1n) is 7.27. The van der Waals surface area contributed by atoms with Crippen LogP contribution in [0.1, 0.15) is 6.92 Å². The van der Waals surface area contributed by atoms with Gasteiger partial charge in [-0.1, -0.05) is 0 Å². The molecule has 3 amide bonds. The highest BCUT2D eigenvalue weighted by atomic mass is 35.5. The number of hydrogen-bond acceptors (Lipinski definition) is 5. The van der Waals surface area contributed by atoms with E-state index in [1.807, 2.05) is 0 Å². The van der Waals surface area contributed by atoms with Crippen molar-refractivity contribution in [3.05, 3.63) is 18.2 Å². The van der Waals surface area contributed by atoms with Crippen LogP contribution in [0.5, 0.6) is 5.75 Å². The van der Waals surface area contributed by atoms with E-state index in [4.69, 9.17) is 10.5 Å². The maximum Gasteiger partial charge on any atom is 0.312 e. The number of nitrogens with one attached hydrogen (secondary N) is 1. The maximum atomic E-state index is 12.1. The Kier molecular flexibility index (Phi) is 6.84. The van der Waals surface area contributed by atoms with Crippen molar-refractivity contribution in [2.24, 2.45) is 0 Å². The molecule has 1 aliphatic rings. The van der Waals surface area contributed by atoms with Gasteiger partial charge in [0.1, 0.15) is 12.3 Å². The van der Waals surface area contributed by atoms with Gasteiger partial charge in [0.2, 0.25) is 5.91 Å². The van der Waals surface area contributed by atoms with Gasteiger partial charge in [0.15, 0.2) is 0 Å². The van der Waals surface area contributed by atoms with E-state index in [1.54, 1.807) is 25.1 Å². The zero-order chi connectivity index (χ0) is 17.0. The predicted molar refractivity (Wildman–Crippen MR) is 92.1 cm³/mol. The Morgan fingerprint density at radius 1 is 1.25 bits per heavy atom. The number of likely N-dealkylation sites (N-methyl/N-ethyl adjacent to an activating group) is 1. The largest absolute Gasteiger partial charge is 0.497 e. The molecule has 2 rings (SSSR count). The van der Waals surface area contributed by atoms with Gasteiger partial charge in [-0.3, -0.25) is 14.4 Å². The molecule has 0 bridgehead atoms. The third kappa shape index (κ3) is 4.29. The van der Waals surface area contributed by atoms with Crippen LogP contribution in [0.4, 0.5) is 11.4 Å². The Hall–Kier alpha value is -2.48. The summed E-state index contributed by atoms with van der Waals surface area (Å²) < 4.78 is 5.08. The van der Waals surface area contributed by atoms with Crippen LogP contribution in [0.2, 0.25) is 0 Å². The summed E-state index contributed by atoms with van der Waals surface area (Å²) in [5.74, 6) is -1.10. The molecule has 132 valence electrons. The standard InChI is InChI=1S/C15H20N4O4.ClH/c1-3-18-6-7-19(15(22)14(18)21)9-13(20)17-12-8-10(23-2)4-5-11(12)16;/h4-5,8H,3,6-7,9,16H2,1-2H3,(H,17,20);1H. The molecule has 9 heteroatoms. The quantitative estimate of drug-likeness (QED) is 0.584. The van der Waals surface area contributed by atoms with Crippen LogP contribution in [-0.2, 0) is 14.4 Å². The van der Waals surface area contributed by atoms with E-state index < -0.39 is 17.7 Å². The van der Waals surface area contributed by atoms with Crippen molar-refractivity contribution >= 4 is 41.5 Å². The van der Waals surface area contributed by atoms with Crippen LogP contribution in [0.15, 0.2) is 18.2 Å². The van der Waals surface area contributed by atoms with Crippen LogP contribution < -0.4 is 15.8 Å². The number of benzene rings is 1. The summed E-state index contributed by atoms with van der Waals surface area (Å²) in [5.41, 5.74) is 6.59. The summed E-state index contributed by atoms with van der Waals surface area (Å²) in [6.45, 7) is 2.85. The third-order valence-electron chi connectivity index (χ3n) is 3.65. The first-order chi connectivity index (χ1) is 11.0. The number of hydrogen-bond donors (Lipinski definition) is 2. The summed E-state index contributed by atoms with van der Waals surface area (Å²) in [4.78, 5) is 38.6. The highest BCUT2D eigenvalue weighted by molar-refractivity contribution is 6.35. The van der Waals surface area contributed by atoms with E-state index in [1.165, 1.54) is 16.9 Å². The van der Waals surface area contributed by atoms with Crippen LogP contribution in [0, 0.1) is 0 Å². The lowest BCUT2D eigenvalue weighted by Crippen LogP contribution is -2.55. The highest BCUT2D eigenvalue weighted by Gasteiger charge is 2.32. The number of rotatable bonds is 5. The second-order valence-corrected chi connectivity index (χ2v) is 5.11. The van der Waals surface area contributed by atoms with Crippen molar-refractivity contribution in [3.8, 4) is 5.75 Å². The number of carbonyl (C=O) groups excluding carboxylic acids is 3. The van der Waals surface area contributed by atoms with E-state index in [0.29, 0.717) is 36.8 Å². The minimum Gasteiger partial charge on any atom is -0.497 e. The molecule has 0 radical (unpaired) electrons. The molecule has 24 heavy (non-hydrogen) atoms. The van der Waals surface area contributed by atoms with Crippen LogP contribution in [-0.4, -0.2) is 60.8 Å². The van der Waals surface area contributed by atoms with Crippen molar-refractivity contribution in [2.75, 3.05) is 44.3 Å². The molecular formula is C15H21ClN4O4. The molecule has 1 fully saturated rings. The number of nitrogens with zero attached hydrogens (tertiary/aromatic N) is 2. The fourth-order valence-electron chi connectivity index (χ4n) is 2.30. The zero-order valence-electron chi connectivity index (χ0n) is 13.6. The molecule has 1 aromatic rings. The topological polar surface area (TPSA) is 105 Å². The van der Waals surface area contributed by atoms with Gasteiger partial charge < -0.3 is 25.6 Å². The van der Waals surface area contributed by atoms with Gasteiger partial charge in [-0.05, 0) is 19.1 Å². The number of amides is 3. The van der Waals surface area contributed by atoms with Crippen molar-refractivity contribution in [3.63, 3.8) is 0 Å². The van der Waals surface area contributed by atoms with E-state index in [-0.39, 0.29) is 19.0 Å². The monoisotopic (exact) mass is 356 g/mol. The fourth-order valence-corrected chi connectivity index (χ4v) is 2.30. The molecule has 1 aromatic carbocycles. The number of ether oxygens (including phenoxy) is 1. The summed E-state index contributed by atoms with van der Waals surface area (Å²) in [6.07, 6.45) is 0. The maximum absolute atomic E-state index is 12.1. The van der Waals surface area contributed by atoms with Crippen molar-refractivity contribution in [2.45, 2.75) is 6.92 Å². The SMILES string of the molecule is CCN1CCN(CC(=O)Nc2cc(OC)ccc2N)C(=O)C1=O.Cl. The molecule has 3 N–H and O–H groups in total. The average molecular weight is 357 g/mol. The molecule has 0 unspecified atom stereocenters. The van der Waals surface area contributed by atoms with Crippen molar-refractivity contribution < 1.29 is 19.1 Å². The Balaban J connectivity index is 0.00000288. The number of halogens is 1. The van der Waals surface area contributed by atoms with Crippen LogP contribution in [0.25, 0.3) is 0 Å². The van der Waals surface area contributed by atoms with E-state index in [2.05, 4.69) is 5.32 Å². The molecule has 8 nitrogen and oxygen atoms in total. The van der Waals surface area contributed by atoms with Gasteiger partial charge in [0.25, 0.3) is 0 Å². The molecule has 1 saturated heterocycles. The number of methoxy groups -OCH3 is 1. The van der Waals surface area contributed by atoms with E-state index in [0.717, 1.165) is 0 Å². The lowest BCUT2D eigenvalue weighted by atomic mass is 10.2. The summed E-state index contributed by atoms with van der Waals surface area (Å²) in [7, 11) is 1.51. The van der Waals surface area contributed by atoms with Gasteiger partial charge in [-0.15, -0.1) is 12.4 Å². The molecule has 0 aromatic heterocycles. The number of nitrogen functional groups attached to an aromatic ring is 1. The average Bonchev–Trinajstić information content (AvgIpc) is 2.54. The minimum absolute atomic E-state index is 0.